The minimum atomic E-state index is -0.274. The quantitative estimate of drug-likeness (QED) is 0.548. The van der Waals surface area contributed by atoms with Crippen LogP contribution < -0.4 is 0 Å². The lowest BCUT2D eigenvalue weighted by molar-refractivity contribution is -0.127. The van der Waals surface area contributed by atoms with E-state index in [2.05, 4.69) is 20.8 Å². The molecule has 126 valence electrons. The lowest BCUT2D eigenvalue weighted by atomic mass is 9.89. The minimum Gasteiger partial charge on any atom is -0.379 e. The number of hydrogen-bond donors (Lipinski definition) is 0. The summed E-state index contributed by atoms with van der Waals surface area (Å²) in [4.78, 5) is 11.6. The number of Topliss-reactive ketones (excluding diaryl/α,β-unsaturated/α-hetero) is 1. The molecule has 0 N–H and O–H groups in total. The summed E-state index contributed by atoms with van der Waals surface area (Å²) in [6.07, 6.45) is 1.53. The van der Waals surface area contributed by atoms with Crippen LogP contribution >= 0.6 is 0 Å². The van der Waals surface area contributed by atoms with Crippen molar-refractivity contribution in [1.29, 1.82) is 0 Å². The fourth-order valence-corrected chi connectivity index (χ4v) is 1.46. The van der Waals surface area contributed by atoms with Gasteiger partial charge in [0.15, 0.2) is 0 Å². The zero-order valence-corrected chi connectivity index (χ0v) is 14.8. The van der Waals surface area contributed by atoms with Gasteiger partial charge in [-0.05, 0) is 11.8 Å². The van der Waals surface area contributed by atoms with Crippen molar-refractivity contribution in [2.24, 2.45) is 10.8 Å². The SMILES string of the molecule is CC(C)(C)CCOCCOCCOCCC(=O)C(C)(C)C. The van der Waals surface area contributed by atoms with Crippen molar-refractivity contribution >= 4 is 5.78 Å². The van der Waals surface area contributed by atoms with Crippen LogP contribution in [0.15, 0.2) is 0 Å². The van der Waals surface area contributed by atoms with Crippen LogP contribution in [0.1, 0.15) is 54.4 Å². The molecule has 0 aromatic carbocycles. The molecule has 0 spiro atoms. The third-order valence-electron chi connectivity index (χ3n) is 3.05. The Balaban J connectivity index is 3.25. The van der Waals surface area contributed by atoms with Crippen LogP contribution in [-0.4, -0.2) is 45.4 Å². The second-order valence-corrected chi connectivity index (χ2v) is 7.57. The molecule has 0 aliphatic rings. The molecule has 0 saturated carbocycles. The maximum Gasteiger partial charge on any atom is 0.140 e. The minimum absolute atomic E-state index is 0.232. The van der Waals surface area contributed by atoms with Crippen LogP contribution in [0, 0.1) is 10.8 Å². The van der Waals surface area contributed by atoms with Gasteiger partial charge in [0.2, 0.25) is 0 Å². The van der Waals surface area contributed by atoms with Crippen LogP contribution in [0.2, 0.25) is 0 Å². The highest BCUT2D eigenvalue weighted by Crippen LogP contribution is 2.17. The first-order chi connectivity index (χ1) is 9.63. The molecule has 0 atom stereocenters. The third-order valence-corrected chi connectivity index (χ3v) is 3.05. The van der Waals surface area contributed by atoms with Gasteiger partial charge in [-0.1, -0.05) is 41.5 Å². The number of carbonyl (C=O) groups excluding carboxylic acids is 1. The number of ketones is 1. The summed E-state index contributed by atoms with van der Waals surface area (Å²) in [5, 5.41) is 0. The van der Waals surface area contributed by atoms with Gasteiger partial charge in [-0.15, -0.1) is 0 Å². The van der Waals surface area contributed by atoms with Crippen molar-refractivity contribution in [1.82, 2.24) is 0 Å². The summed E-state index contributed by atoms with van der Waals surface area (Å²) >= 11 is 0. The third kappa shape index (κ3) is 14.3. The Bertz CT molecular complexity index is 273. The fraction of sp³-hybridized carbons (Fsp3) is 0.941. The number of hydrogen-bond acceptors (Lipinski definition) is 4. The lowest BCUT2D eigenvalue weighted by Gasteiger charge is -2.17. The average molecular weight is 302 g/mol. The van der Waals surface area contributed by atoms with Gasteiger partial charge in [0.1, 0.15) is 5.78 Å². The number of carbonyl (C=O) groups is 1. The van der Waals surface area contributed by atoms with Gasteiger partial charge in [-0.2, -0.15) is 0 Å². The Kier molecular flexibility index (Phi) is 10.1. The molecule has 0 unspecified atom stereocenters. The van der Waals surface area contributed by atoms with Crippen molar-refractivity contribution in [3.8, 4) is 0 Å². The molecular weight excluding hydrogens is 268 g/mol. The molecule has 0 aromatic heterocycles. The molecule has 0 aliphatic carbocycles. The summed E-state index contributed by atoms with van der Waals surface area (Å²) in [7, 11) is 0. The van der Waals surface area contributed by atoms with E-state index in [0.717, 1.165) is 13.0 Å². The first kappa shape index (κ1) is 20.6. The summed E-state index contributed by atoms with van der Waals surface area (Å²) in [6.45, 7) is 15.9. The first-order valence-electron chi connectivity index (χ1n) is 7.89. The summed E-state index contributed by atoms with van der Waals surface area (Å²) in [5.41, 5.74) is 0.0451. The maximum atomic E-state index is 11.6. The van der Waals surface area contributed by atoms with Crippen LogP contribution in [0.4, 0.5) is 0 Å². The van der Waals surface area contributed by atoms with Gasteiger partial charge < -0.3 is 14.2 Å². The smallest absolute Gasteiger partial charge is 0.140 e. The molecule has 0 rings (SSSR count). The predicted octanol–water partition coefficient (Wildman–Crippen LogP) is 3.48. The van der Waals surface area contributed by atoms with E-state index in [9.17, 15) is 4.79 Å². The van der Waals surface area contributed by atoms with Gasteiger partial charge in [0, 0.05) is 18.4 Å². The Labute approximate surface area is 130 Å². The van der Waals surface area contributed by atoms with E-state index >= 15 is 0 Å². The molecule has 0 heterocycles. The lowest BCUT2D eigenvalue weighted by Crippen LogP contribution is -2.22. The van der Waals surface area contributed by atoms with Crippen LogP contribution in [0.25, 0.3) is 0 Å². The van der Waals surface area contributed by atoms with Crippen molar-refractivity contribution in [2.75, 3.05) is 39.6 Å². The molecule has 0 aromatic rings. The molecule has 0 aliphatic heterocycles. The molecule has 0 bridgehead atoms. The van der Waals surface area contributed by atoms with E-state index in [1.165, 1.54) is 0 Å². The van der Waals surface area contributed by atoms with E-state index in [1.807, 2.05) is 20.8 Å². The summed E-state index contributed by atoms with van der Waals surface area (Å²) < 4.78 is 16.3. The Hall–Kier alpha value is -0.450. The van der Waals surface area contributed by atoms with Gasteiger partial charge >= 0.3 is 0 Å². The molecule has 0 amide bonds. The highest BCUT2D eigenvalue weighted by Gasteiger charge is 2.20. The van der Waals surface area contributed by atoms with Crippen LogP contribution in [0.3, 0.4) is 0 Å². The van der Waals surface area contributed by atoms with E-state index in [4.69, 9.17) is 14.2 Å². The predicted molar refractivity (Wildman–Crippen MR) is 85.6 cm³/mol. The molecule has 4 nitrogen and oxygen atoms in total. The Morgan fingerprint density at radius 3 is 1.57 bits per heavy atom. The summed E-state index contributed by atoms with van der Waals surface area (Å²) in [5.74, 6) is 0.232. The molecule has 0 radical (unpaired) electrons. The molecule has 0 fully saturated rings. The van der Waals surface area contributed by atoms with E-state index < -0.39 is 0 Å². The highest BCUT2D eigenvalue weighted by atomic mass is 16.5. The Morgan fingerprint density at radius 1 is 0.714 bits per heavy atom. The fourth-order valence-electron chi connectivity index (χ4n) is 1.46. The van der Waals surface area contributed by atoms with E-state index in [1.54, 1.807) is 0 Å². The Morgan fingerprint density at radius 2 is 1.14 bits per heavy atom. The second-order valence-electron chi connectivity index (χ2n) is 7.57. The van der Waals surface area contributed by atoms with Crippen LogP contribution in [0.5, 0.6) is 0 Å². The van der Waals surface area contributed by atoms with Crippen LogP contribution in [-0.2, 0) is 19.0 Å². The highest BCUT2D eigenvalue weighted by molar-refractivity contribution is 5.83. The normalized spacial score (nSPS) is 12.7. The van der Waals surface area contributed by atoms with E-state index in [0.29, 0.717) is 44.9 Å². The van der Waals surface area contributed by atoms with Gasteiger partial charge in [0.25, 0.3) is 0 Å². The second kappa shape index (κ2) is 10.3. The van der Waals surface area contributed by atoms with E-state index in [-0.39, 0.29) is 11.2 Å². The topological polar surface area (TPSA) is 44.8 Å². The zero-order chi connectivity index (χ0) is 16.4. The first-order valence-corrected chi connectivity index (χ1v) is 7.89. The van der Waals surface area contributed by atoms with Crippen molar-refractivity contribution in [3.63, 3.8) is 0 Å². The standard InChI is InChI=1S/C17H34O4/c1-16(2,3)8-10-20-12-14-21-13-11-19-9-7-15(18)17(4,5)6/h7-14H2,1-6H3. The number of ether oxygens (including phenoxy) is 3. The van der Waals surface area contributed by atoms with Crippen molar-refractivity contribution < 1.29 is 19.0 Å². The largest absolute Gasteiger partial charge is 0.379 e. The van der Waals surface area contributed by atoms with Gasteiger partial charge in [0.05, 0.1) is 33.0 Å². The van der Waals surface area contributed by atoms with Gasteiger partial charge in [-0.3, -0.25) is 4.79 Å². The van der Waals surface area contributed by atoms with Crippen molar-refractivity contribution in [3.05, 3.63) is 0 Å². The monoisotopic (exact) mass is 302 g/mol. The molecule has 21 heavy (non-hydrogen) atoms. The molecule has 4 heteroatoms. The van der Waals surface area contributed by atoms with Gasteiger partial charge in [-0.25, -0.2) is 0 Å². The summed E-state index contributed by atoms with van der Waals surface area (Å²) in [6, 6.07) is 0. The zero-order valence-electron chi connectivity index (χ0n) is 14.8. The maximum absolute atomic E-state index is 11.6. The number of rotatable bonds is 11. The molecule has 0 saturated heterocycles. The molecular formula is C17H34O4. The van der Waals surface area contributed by atoms with Crippen molar-refractivity contribution in [2.45, 2.75) is 54.4 Å². The average Bonchev–Trinajstić information content (AvgIpc) is 2.33.